The lowest BCUT2D eigenvalue weighted by Crippen LogP contribution is -2.40. The summed E-state index contributed by atoms with van der Waals surface area (Å²) in [6, 6.07) is 11.4. The molecular weight excluding hydrogens is 361 g/mol. The fourth-order valence-corrected chi connectivity index (χ4v) is 2.68. The Labute approximate surface area is 162 Å². The van der Waals surface area contributed by atoms with Gasteiger partial charge in [0.15, 0.2) is 5.82 Å². The van der Waals surface area contributed by atoms with E-state index in [4.69, 9.17) is 4.74 Å². The standard InChI is InChI=1S/C20H22FN5O2/c1-12-4-6-14(7-5-12)19(27)24-20(22-13(2)11-28-3)23-18-16-9-8-15(21)10-17(16)25-26-18/h4-10,13H,11H2,1-3H3,(H3,22,23,24,25,26,27)/t13-/m0/s1. The number of carbonyl (C=O) groups is 1. The van der Waals surface area contributed by atoms with Gasteiger partial charge in [-0.25, -0.2) is 4.39 Å². The van der Waals surface area contributed by atoms with Crippen LogP contribution in [0.5, 0.6) is 0 Å². The topological polar surface area (TPSA) is 91.4 Å². The first-order valence-corrected chi connectivity index (χ1v) is 8.82. The van der Waals surface area contributed by atoms with Gasteiger partial charge in [-0.05, 0) is 44.2 Å². The number of methoxy groups -OCH3 is 1. The molecule has 3 rings (SSSR count). The van der Waals surface area contributed by atoms with Crippen molar-refractivity contribution in [2.45, 2.75) is 19.9 Å². The largest absolute Gasteiger partial charge is 0.383 e. The van der Waals surface area contributed by atoms with Crippen LogP contribution in [0.25, 0.3) is 10.9 Å². The summed E-state index contributed by atoms with van der Waals surface area (Å²) in [4.78, 5) is 16.7. The first kappa shape index (κ1) is 19.5. The van der Waals surface area contributed by atoms with Gasteiger partial charge in [0.1, 0.15) is 5.82 Å². The summed E-state index contributed by atoms with van der Waals surface area (Å²) in [6.45, 7) is 4.27. The fourth-order valence-electron chi connectivity index (χ4n) is 2.68. The second-order valence-corrected chi connectivity index (χ2v) is 6.52. The molecule has 0 aliphatic heterocycles. The molecule has 0 spiro atoms. The summed E-state index contributed by atoms with van der Waals surface area (Å²) >= 11 is 0. The molecule has 28 heavy (non-hydrogen) atoms. The number of amides is 1. The highest BCUT2D eigenvalue weighted by Crippen LogP contribution is 2.21. The fraction of sp³-hybridized carbons (Fsp3) is 0.250. The summed E-state index contributed by atoms with van der Waals surface area (Å²) in [5.74, 6) is -0.0982. The molecule has 7 nitrogen and oxygen atoms in total. The Bertz CT molecular complexity index is 998. The lowest BCUT2D eigenvalue weighted by atomic mass is 10.1. The molecule has 3 aromatic rings. The van der Waals surface area contributed by atoms with Gasteiger partial charge in [-0.2, -0.15) is 10.1 Å². The molecule has 2 aromatic carbocycles. The first-order chi connectivity index (χ1) is 13.5. The maximum absolute atomic E-state index is 13.4. The summed E-state index contributed by atoms with van der Waals surface area (Å²) in [5.41, 5.74) is 2.07. The van der Waals surface area contributed by atoms with E-state index in [0.717, 1.165) is 5.56 Å². The van der Waals surface area contributed by atoms with Crippen LogP contribution in [0.15, 0.2) is 47.5 Å². The second-order valence-electron chi connectivity index (χ2n) is 6.52. The van der Waals surface area contributed by atoms with E-state index < -0.39 is 5.91 Å². The van der Waals surface area contributed by atoms with Crippen LogP contribution in [0.3, 0.4) is 0 Å². The smallest absolute Gasteiger partial charge is 0.280 e. The summed E-state index contributed by atoms with van der Waals surface area (Å²) < 4.78 is 18.5. The van der Waals surface area contributed by atoms with E-state index in [1.165, 1.54) is 12.1 Å². The van der Waals surface area contributed by atoms with E-state index in [1.807, 2.05) is 26.0 Å². The molecule has 0 unspecified atom stereocenters. The number of nitrogens with one attached hydrogen (secondary N) is 3. The highest BCUT2D eigenvalue weighted by molar-refractivity contribution is 6.08. The molecule has 0 aliphatic rings. The van der Waals surface area contributed by atoms with Gasteiger partial charge >= 0.3 is 0 Å². The van der Waals surface area contributed by atoms with E-state index in [2.05, 4.69) is 25.8 Å². The minimum absolute atomic E-state index is 0.107. The number of hydrogen-bond donors (Lipinski definition) is 3. The van der Waals surface area contributed by atoms with Gasteiger partial charge in [-0.1, -0.05) is 17.7 Å². The number of fused-ring (bicyclic) bond motifs is 1. The zero-order valence-electron chi connectivity index (χ0n) is 15.9. The van der Waals surface area contributed by atoms with Crippen LogP contribution in [0.2, 0.25) is 0 Å². The summed E-state index contributed by atoms with van der Waals surface area (Å²) in [6.07, 6.45) is 0. The minimum atomic E-state index is -0.398. The summed E-state index contributed by atoms with van der Waals surface area (Å²) in [5, 5.41) is 13.7. The third-order valence-corrected chi connectivity index (χ3v) is 4.07. The average molecular weight is 383 g/mol. The maximum atomic E-state index is 13.4. The van der Waals surface area contributed by atoms with Crippen molar-refractivity contribution in [2.24, 2.45) is 4.99 Å². The average Bonchev–Trinajstić information content (AvgIpc) is 3.04. The van der Waals surface area contributed by atoms with Gasteiger partial charge in [0.2, 0.25) is 5.96 Å². The molecule has 0 saturated heterocycles. The third-order valence-electron chi connectivity index (χ3n) is 4.07. The highest BCUT2D eigenvalue weighted by atomic mass is 19.1. The Morgan fingerprint density at radius 1 is 1.29 bits per heavy atom. The Balaban J connectivity index is 1.89. The number of aromatic amines is 1. The number of aryl methyl sites for hydroxylation is 1. The van der Waals surface area contributed by atoms with E-state index in [1.54, 1.807) is 25.3 Å². The molecule has 1 amide bonds. The zero-order valence-corrected chi connectivity index (χ0v) is 15.9. The number of hydrogen-bond acceptors (Lipinski definition) is 3. The molecule has 1 heterocycles. The Hall–Kier alpha value is -3.26. The lowest BCUT2D eigenvalue weighted by Gasteiger charge is -2.16. The first-order valence-electron chi connectivity index (χ1n) is 8.82. The van der Waals surface area contributed by atoms with Gasteiger partial charge in [-0.3, -0.25) is 9.89 Å². The molecule has 1 atom stereocenters. The zero-order chi connectivity index (χ0) is 20.1. The van der Waals surface area contributed by atoms with Crippen molar-refractivity contribution in [3.63, 3.8) is 0 Å². The van der Waals surface area contributed by atoms with Crippen LogP contribution < -0.4 is 10.6 Å². The summed E-state index contributed by atoms with van der Waals surface area (Å²) in [7, 11) is 1.59. The number of ether oxygens (including phenoxy) is 1. The highest BCUT2D eigenvalue weighted by Gasteiger charge is 2.13. The van der Waals surface area contributed by atoms with Crippen molar-refractivity contribution >= 4 is 28.6 Å². The number of rotatable bonds is 5. The van der Waals surface area contributed by atoms with Crippen molar-refractivity contribution in [3.8, 4) is 0 Å². The number of halogens is 1. The molecule has 0 saturated carbocycles. The van der Waals surface area contributed by atoms with Crippen LogP contribution in [-0.2, 0) is 4.74 Å². The van der Waals surface area contributed by atoms with Crippen LogP contribution >= 0.6 is 0 Å². The number of anilines is 1. The predicted octanol–water partition coefficient (Wildman–Crippen LogP) is 3.24. The predicted molar refractivity (Wildman–Crippen MR) is 107 cm³/mol. The third kappa shape index (κ3) is 4.72. The van der Waals surface area contributed by atoms with E-state index in [9.17, 15) is 9.18 Å². The molecule has 8 heteroatoms. The molecule has 0 radical (unpaired) electrons. The van der Waals surface area contributed by atoms with Crippen molar-refractivity contribution in [1.29, 1.82) is 0 Å². The molecule has 0 bridgehead atoms. The lowest BCUT2D eigenvalue weighted by molar-refractivity contribution is 0.100. The molecule has 1 aromatic heterocycles. The van der Waals surface area contributed by atoms with Crippen molar-refractivity contribution in [3.05, 3.63) is 59.4 Å². The Morgan fingerprint density at radius 2 is 2.04 bits per heavy atom. The van der Waals surface area contributed by atoms with Crippen molar-refractivity contribution in [2.75, 3.05) is 19.0 Å². The van der Waals surface area contributed by atoms with Crippen LogP contribution in [0.4, 0.5) is 10.2 Å². The quantitative estimate of drug-likeness (QED) is 0.465. The van der Waals surface area contributed by atoms with Gasteiger partial charge in [-0.15, -0.1) is 0 Å². The van der Waals surface area contributed by atoms with Gasteiger partial charge in [0.25, 0.3) is 5.91 Å². The van der Waals surface area contributed by atoms with Gasteiger partial charge in [0, 0.05) is 24.1 Å². The van der Waals surface area contributed by atoms with Crippen LogP contribution in [0.1, 0.15) is 22.8 Å². The molecule has 3 N–H and O–H groups in total. The minimum Gasteiger partial charge on any atom is -0.383 e. The second kappa shape index (κ2) is 8.62. The number of carbonyl (C=O) groups excluding carboxylic acids is 1. The number of guanidine groups is 1. The monoisotopic (exact) mass is 383 g/mol. The van der Waals surface area contributed by atoms with Gasteiger partial charge in [0.05, 0.1) is 12.1 Å². The Morgan fingerprint density at radius 3 is 2.75 bits per heavy atom. The normalized spacial score (nSPS) is 12.8. The van der Waals surface area contributed by atoms with E-state index in [-0.39, 0.29) is 17.8 Å². The molecular formula is C20H22FN5O2. The van der Waals surface area contributed by atoms with E-state index in [0.29, 0.717) is 28.9 Å². The number of benzene rings is 2. The van der Waals surface area contributed by atoms with E-state index >= 15 is 0 Å². The maximum Gasteiger partial charge on any atom is 0.280 e. The number of aliphatic imine (C=N–C) groups is 1. The van der Waals surface area contributed by atoms with Crippen LogP contribution in [0, 0.1) is 12.7 Å². The van der Waals surface area contributed by atoms with Crippen molar-refractivity contribution in [1.82, 2.24) is 15.5 Å². The number of nitrogens with zero attached hydrogens (tertiary/aromatic N) is 2. The Kier molecular flexibility index (Phi) is 6.00. The number of aromatic nitrogens is 2. The van der Waals surface area contributed by atoms with Crippen LogP contribution in [-0.4, -0.2) is 41.8 Å². The molecule has 0 fully saturated rings. The SMILES string of the molecule is COC[C@H](C)N/C(=N/C(=O)c1ccc(C)cc1)Nc1n[nH]c2cc(F)ccc12. The van der Waals surface area contributed by atoms with Crippen molar-refractivity contribution < 1.29 is 13.9 Å². The number of H-pyrrole nitrogens is 1. The molecule has 0 aliphatic carbocycles. The molecule has 146 valence electrons. The van der Waals surface area contributed by atoms with Gasteiger partial charge < -0.3 is 15.4 Å².